The van der Waals surface area contributed by atoms with Gasteiger partial charge in [-0.15, -0.1) is 0 Å². The summed E-state index contributed by atoms with van der Waals surface area (Å²) in [5, 5.41) is 0. The average Bonchev–Trinajstić information content (AvgIpc) is 2.90. The van der Waals surface area contributed by atoms with E-state index in [0.29, 0.717) is 11.8 Å². The zero-order chi connectivity index (χ0) is 29.6. The second-order valence-corrected chi connectivity index (χ2v) is 12.9. The van der Waals surface area contributed by atoms with E-state index in [2.05, 4.69) is 88.1 Å². The van der Waals surface area contributed by atoms with Gasteiger partial charge in [0.1, 0.15) is 0 Å². The van der Waals surface area contributed by atoms with E-state index in [1.165, 1.54) is 72.9 Å². The molecule has 1 saturated carbocycles. The van der Waals surface area contributed by atoms with Gasteiger partial charge in [-0.1, -0.05) is 130 Å². The van der Waals surface area contributed by atoms with Crippen LogP contribution >= 0.6 is 0 Å². The van der Waals surface area contributed by atoms with E-state index in [0.717, 1.165) is 62.1 Å². The molecule has 0 aliphatic heterocycles. The van der Waals surface area contributed by atoms with Crippen LogP contribution in [0.4, 0.5) is 0 Å². The highest BCUT2D eigenvalue weighted by atomic mass is 14.8. The molecule has 0 amide bonds. The Morgan fingerprint density at radius 2 is 1.67 bits per heavy atom. The second kappa shape index (κ2) is 17.9. The van der Waals surface area contributed by atoms with Gasteiger partial charge in [0.25, 0.3) is 0 Å². The summed E-state index contributed by atoms with van der Waals surface area (Å²) in [7, 11) is 0. The van der Waals surface area contributed by atoms with Gasteiger partial charge in [0, 0.05) is 17.0 Å². The molecular weight excluding hydrogens is 470 g/mol. The van der Waals surface area contributed by atoms with Crippen LogP contribution in [-0.4, -0.2) is 5.71 Å². The normalized spacial score (nSPS) is 21.8. The van der Waals surface area contributed by atoms with Crippen molar-refractivity contribution in [1.29, 1.82) is 0 Å². The molecule has 0 aromatic rings. The Labute approximate surface area is 245 Å². The van der Waals surface area contributed by atoms with E-state index in [1.807, 2.05) is 0 Å². The molecule has 0 saturated heterocycles. The van der Waals surface area contributed by atoms with E-state index in [9.17, 15) is 0 Å². The zero-order valence-corrected chi connectivity index (χ0v) is 27.8. The van der Waals surface area contributed by atoms with Crippen LogP contribution in [0.3, 0.4) is 0 Å². The molecule has 0 aromatic heterocycles. The molecule has 222 valence electrons. The maximum absolute atomic E-state index is 5.30. The Bertz CT molecular complexity index is 894. The summed E-state index contributed by atoms with van der Waals surface area (Å²) in [5.41, 5.74) is 8.94. The molecule has 4 atom stereocenters. The Balaban J connectivity index is 3.45. The van der Waals surface area contributed by atoms with Crippen LogP contribution in [0.5, 0.6) is 0 Å². The van der Waals surface area contributed by atoms with Crippen LogP contribution in [0.15, 0.2) is 64.4 Å². The predicted molar refractivity (Wildman–Crippen MR) is 179 cm³/mol. The molecule has 1 rings (SSSR count). The number of unbranched alkanes of at least 4 members (excludes halogenated alkanes) is 1. The van der Waals surface area contributed by atoms with Crippen LogP contribution in [-0.2, 0) is 0 Å². The number of nitrogens with zero attached hydrogens (tertiary/aromatic N) is 1. The Kier molecular flexibility index (Phi) is 16.3. The van der Waals surface area contributed by atoms with Crippen molar-refractivity contribution >= 4 is 5.71 Å². The lowest BCUT2D eigenvalue weighted by molar-refractivity contribution is 0.350. The van der Waals surface area contributed by atoms with Gasteiger partial charge in [-0.2, -0.15) is 0 Å². The highest BCUT2D eigenvalue weighted by Crippen LogP contribution is 2.49. The third-order valence-corrected chi connectivity index (χ3v) is 9.62. The van der Waals surface area contributed by atoms with Gasteiger partial charge in [0.2, 0.25) is 0 Å². The quantitative estimate of drug-likeness (QED) is 0.0940. The van der Waals surface area contributed by atoms with Crippen molar-refractivity contribution in [3.63, 3.8) is 0 Å². The Hall–Kier alpha value is -1.63. The topological polar surface area (TPSA) is 12.4 Å². The summed E-state index contributed by atoms with van der Waals surface area (Å²) < 4.78 is 0. The maximum atomic E-state index is 5.30. The Morgan fingerprint density at radius 1 is 0.974 bits per heavy atom. The van der Waals surface area contributed by atoms with Gasteiger partial charge < -0.3 is 0 Å². The van der Waals surface area contributed by atoms with Crippen molar-refractivity contribution in [2.75, 3.05) is 0 Å². The molecule has 1 nitrogen and oxygen atoms in total. The summed E-state index contributed by atoms with van der Waals surface area (Å²) in [6, 6.07) is 0. The first kappa shape index (κ1) is 35.4. The van der Waals surface area contributed by atoms with E-state index < -0.39 is 0 Å². The number of rotatable bonds is 18. The number of hydrogen-bond acceptors (Lipinski definition) is 1. The van der Waals surface area contributed by atoms with Crippen molar-refractivity contribution < 1.29 is 0 Å². The SMILES string of the molecule is C=C(N=C(/C=C(\C)CC(C)C(C)CCCC)C(CC)CCC)C(=C)/C(CCC)=C(\CC)C1(C)CCCCC1=C. The molecule has 0 radical (unpaired) electrons. The first-order valence-electron chi connectivity index (χ1n) is 16.5. The molecule has 1 aliphatic rings. The fourth-order valence-electron chi connectivity index (χ4n) is 6.68. The van der Waals surface area contributed by atoms with Gasteiger partial charge in [0.15, 0.2) is 0 Å². The fraction of sp³-hybridized carbons (Fsp3) is 0.711. The minimum Gasteiger partial charge on any atom is -0.253 e. The van der Waals surface area contributed by atoms with E-state index in [-0.39, 0.29) is 5.41 Å². The molecule has 0 N–H and O–H groups in total. The zero-order valence-electron chi connectivity index (χ0n) is 27.8. The molecule has 1 heteroatoms. The van der Waals surface area contributed by atoms with E-state index in [4.69, 9.17) is 4.99 Å². The molecule has 0 heterocycles. The van der Waals surface area contributed by atoms with Crippen LogP contribution in [0.25, 0.3) is 0 Å². The van der Waals surface area contributed by atoms with Crippen molar-refractivity contribution in [2.45, 2.75) is 152 Å². The van der Waals surface area contributed by atoms with E-state index >= 15 is 0 Å². The number of hydrogen-bond donors (Lipinski definition) is 0. The first-order valence-corrected chi connectivity index (χ1v) is 16.5. The second-order valence-electron chi connectivity index (χ2n) is 12.9. The largest absolute Gasteiger partial charge is 0.253 e. The average molecular weight is 536 g/mol. The smallest absolute Gasteiger partial charge is 0.0630 e. The van der Waals surface area contributed by atoms with Gasteiger partial charge in [-0.25, -0.2) is 0 Å². The Morgan fingerprint density at radius 3 is 2.21 bits per heavy atom. The molecule has 0 aromatic carbocycles. The summed E-state index contributed by atoms with van der Waals surface area (Å²) in [5.74, 6) is 1.90. The molecule has 0 spiro atoms. The summed E-state index contributed by atoms with van der Waals surface area (Å²) in [4.78, 5) is 5.30. The van der Waals surface area contributed by atoms with Crippen LogP contribution < -0.4 is 0 Å². The lowest BCUT2D eigenvalue weighted by atomic mass is 9.65. The van der Waals surface area contributed by atoms with Gasteiger partial charge in [-0.3, -0.25) is 4.99 Å². The van der Waals surface area contributed by atoms with Crippen LogP contribution in [0.2, 0.25) is 0 Å². The molecule has 1 fully saturated rings. The fourth-order valence-corrected chi connectivity index (χ4v) is 6.68. The lowest BCUT2D eigenvalue weighted by Crippen LogP contribution is -2.26. The lowest BCUT2D eigenvalue weighted by Gasteiger charge is -2.40. The maximum Gasteiger partial charge on any atom is 0.0630 e. The van der Waals surface area contributed by atoms with Crippen molar-refractivity contribution in [3.8, 4) is 0 Å². The summed E-state index contributed by atoms with van der Waals surface area (Å²) >= 11 is 0. The minimum atomic E-state index is 0.0720. The molecule has 0 bridgehead atoms. The van der Waals surface area contributed by atoms with Gasteiger partial charge >= 0.3 is 0 Å². The van der Waals surface area contributed by atoms with E-state index in [1.54, 1.807) is 0 Å². The standard InChI is InChI=1S/C38H65N/c1-13-18-23-29(7)30(8)26-28(6)27-37(34(16-4)21-14-2)39-33(11)32(10)35(22-15-3)36(17-5)38(12)25-20-19-24-31(38)9/h27,29-30,34H,9-11,13-26H2,1-8,12H3/b28-27+,36-35+,39-37?. The number of aliphatic imine (C=N–C) groups is 1. The number of allylic oxidation sites excluding steroid dienone is 5. The highest BCUT2D eigenvalue weighted by Gasteiger charge is 2.35. The summed E-state index contributed by atoms with van der Waals surface area (Å²) in [6.45, 7) is 34.8. The minimum absolute atomic E-state index is 0.0720. The third kappa shape index (κ3) is 10.4. The molecule has 39 heavy (non-hydrogen) atoms. The molecule has 1 aliphatic carbocycles. The monoisotopic (exact) mass is 536 g/mol. The van der Waals surface area contributed by atoms with Crippen molar-refractivity contribution in [2.24, 2.45) is 28.2 Å². The highest BCUT2D eigenvalue weighted by molar-refractivity contribution is 5.98. The van der Waals surface area contributed by atoms with Crippen LogP contribution in [0, 0.1) is 23.2 Å². The molecule has 4 unspecified atom stereocenters. The van der Waals surface area contributed by atoms with Crippen molar-refractivity contribution in [1.82, 2.24) is 0 Å². The third-order valence-electron chi connectivity index (χ3n) is 9.62. The predicted octanol–water partition coefficient (Wildman–Crippen LogP) is 12.8. The van der Waals surface area contributed by atoms with Crippen LogP contribution in [0.1, 0.15) is 152 Å². The van der Waals surface area contributed by atoms with Gasteiger partial charge in [-0.05, 0) is 87.3 Å². The first-order chi connectivity index (χ1) is 18.5. The summed E-state index contributed by atoms with van der Waals surface area (Å²) in [6.07, 6.45) is 19.0. The van der Waals surface area contributed by atoms with Crippen molar-refractivity contribution in [3.05, 3.63) is 59.4 Å². The van der Waals surface area contributed by atoms with Gasteiger partial charge in [0.05, 0.1) is 5.70 Å². The molecular formula is C38H65N.